The molecule has 0 heterocycles. The van der Waals surface area contributed by atoms with Crippen molar-refractivity contribution < 1.29 is 4.79 Å². The minimum absolute atomic E-state index is 0.185. The molecule has 0 bridgehead atoms. The number of rotatable bonds is 6. The number of amides is 1. The van der Waals surface area contributed by atoms with Crippen LogP contribution in [0.2, 0.25) is 0 Å². The second-order valence-electron chi connectivity index (χ2n) is 3.02. The Bertz CT molecular complexity index is 128. The van der Waals surface area contributed by atoms with E-state index in [2.05, 4.69) is 28.2 Å². The first-order valence-corrected chi connectivity index (χ1v) is 5.68. The molecule has 1 unspecified atom stereocenters. The van der Waals surface area contributed by atoms with Crippen LogP contribution < -0.4 is 5.32 Å². The number of hydrogen-bond acceptors (Lipinski definition) is 1. The van der Waals surface area contributed by atoms with Gasteiger partial charge in [0.1, 0.15) is 0 Å². The highest BCUT2D eigenvalue weighted by Gasteiger charge is 2.03. The molecule has 0 aliphatic carbocycles. The molecule has 0 aromatic carbocycles. The molecule has 12 heavy (non-hydrogen) atoms. The van der Waals surface area contributed by atoms with Crippen LogP contribution in [0.3, 0.4) is 0 Å². The number of unbranched alkanes of at least 4 members (excludes halogenated alkanes) is 1. The monoisotopic (exact) mass is 235 g/mol. The van der Waals surface area contributed by atoms with E-state index in [1.54, 1.807) is 0 Å². The maximum absolute atomic E-state index is 11.2. The Balaban J connectivity index is 3.33. The smallest absolute Gasteiger partial charge is 0.220 e. The molecule has 0 aliphatic heterocycles. The molecule has 0 aliphatic rings. The third kappa shape index (κ3) is 6.65. The molecule has 0 fully saturated rings. The van der Waals surface area contributed by atoms with Crippen LogP contribution in [-0.4, -0.2) is 17.3 Å². The first-order chi connectivity index (χ1) is 5.70. The summed E-state index contributed by atoms with van der Waals surface area (Å²) < 4.78 is 0. The lowest BCUT2D eigenvalue weighted by atomic mass is 10.2. The van der Waals surface area contributed by atoms with Crippen molar-refractivity contribution in [3.05, 3.63) is 0 Å². The minimum Gasteiger partial charge on any atom is -0.354 e. The summed E-state index contributed by atoms with van der Waals surface area (Å²) in [4.78, 5) is 11.2. The summed E-state index contributed by atoms with van der Waals surface area (Å²) in [5.41, 5.74) is 0. The lowest BCUT2D eigenvalue weighted by Gasteiger charge is -2.10. The molecule has 0 radical (unpaired) electrons. The zero-order chi connectivity index (χ0) is 9.40. The highest BCUT2D eigenvalue weighted by molar-refractivity contribution is 9.09. The zero-order valence-electron chi connectivity index (χ0n) is 7.90. The maximum Gasteiger partial charge on any atom is 0.220 e. The second kappa shape index (κ2) is 7.59. The van der Waals surface area contributed by atoms with Gasteiger partial charge in [-0.25, -0.2) is 0 Å². The number of hydrogen-bond donors (Lipinski definition) is 1. The predicted molar refractivity (Wildman–Crippen MR) is 55.5 cm³/mol. The standard InChI is InChI=1S/C9H18BrNO/c1-3-8(2)11-9(12)6-4-5-7-10/h8H,3-7H2,1-2H3,(H,11,12). The topological polar surface area (TPSA) is 29.1 Å². The van der Waals surface area contributed by atoms with E-state index in [0.29, 0.717) is 12.5 Å². The highest BCUT2D eigenvalue weighted by Crippen LogP contribution is 1.99. The van der Waals surface area contributed by atoms with E-state index < -0.39 is 0 Å². The lowest BCUT2D eigenvalue weighted by Crippen LogP contribution is -2.31. The fourth-order valence-electron chi connectivity index (χ4n) is 0.829. The van der Waals surface area contributed by atoms with Crippen molar-refractivity contribution in [1.29, 1.82) is 0 Å². The van der Waals surface area contributed by atoms with E-state index >= 15 is 0 Å². The van der Waals surface area contributed by atoms with Gasteiger partial charge in [-0.15, -0.1) is 0 Å². The summed E-state index contributed by atoms with van der Waals surface area (Å²) in [6, 6.07) is 0.321. The molecule has 3 heteroatoms. The first-order valence-electron chi connectivity index (χ1n) is 4.56. The first kappa shape index (κ1) is 11.9. The summed E-state index contributed by atoms with van der Waals surface area (Å²) in [5, 5.41) is 3.92. The Kier molecular flexibility index (Phi) is 7.56. The maximum atomic E-state index is 11.2. The fourth-order valence-corrected chi connectivity index (χ4v) is 1.23. The number of carbonyl (C=O) groups excluding carboxylic acids is 1. The third-order valence-corrected chi connectivity index (χ3v) is 2.37. The van der Waals surface area contributed by atoms with E-state index in [9.17, 15) is 4.79 Å². The van der Waals surface area contributed by atoms with Crippen LogP contribution >= 0.6 is 15.9 Å². The van der Waals surface area contributed by atoms with Gasteiger partial charge in [-0.1, -0.05) is 22.9 Å². The number of nitrogens with one attached hydrogen (secondary N) is 1. The van der Waals surface area contributed by atoms with Gasteiger partial charge in [0.2, 0.25) is 5.91 Å². The molecule has 0 spiro atoms. The second-order valence-corrected chi connectivity index (χ2v) is 3.82. The molecule has 0 saturated carbocycles. The van der Waals surface area contributed by atoms with E-state index in [4.69, 9.17) is 0 Å². The van der Waals surface area contributed by atoms with Crippen LogP contribution in [0.4, 0.5) is 0 Å². The Morgan fingerprint density at radius 2 is 2.17 bits per heavy atom. The number of carbonyl (C=O) groups is 1. The van der Waals surface area contributed by atoms with Gasteiger partial charge in [0, 0.05) is 17.8 Å². The summed E-state index contributed by atoms with van der Waals surface area (Å²) in [5.74, 6) is 0.185. The van der Waals surface area contributed by atoms with Crippen molar-refractivity contribution in [2.45, 2.75) is 45.6 Å². The third-order valence-electron chi connectivity index (χ3n) is 1.81. The predicted octanol–water partition coefficient (Wildman–Crippen LogP) is 2.47. The van der Waals surface area contributed by atoms with Crippen molar-refractivity contribution in [3.8, 4) is 0 Å². The molecule has 2 nitrogen and oxygen atoms in total. The van der Waals surface area contributed by atoms with Crippen LogP contribution in [0.5, 0.6) is 0 Å². The Hall–Kier alpha value is -0.0500. The van der Waals surface area contributed by atoms with Gasteiger partial charge in [-0.2, -0.15) is 0 Å². The lowest BCUT2D eigenvalue weighted by molar-refractivity contribution is -0.121. The molecule has 0 aromatic heterocycles. The average Bonchev–Trinajstić information content (AvgIpc) is 2.05. The van der Waals surface area contributed by atoms with Gasteiger partial charge in [0.05, 0.1) is 0 Å². The molecular weight excluding hydrogens is 218 g/mol. The molecule has 1 N–H and O–H groups in total. The van der Waals surface area contributed by atoms with Crippen LogP contribution in [0.1, 0.15) is 39.5 Å². The van der Waals surface area contributed by atoms with Gasteiger partial charge in [0.15, 0.2) is 0 Å². The molecule has 72 valence electrons. The van der Waals surface area contributed by atoms with Crippen LogP contribution in [0.25, 0.3) is 0 Å². The number of halogens is 1. The molecule has 0 saturated heterocycles. The Morgan fingerprint density at radius 1 is 1.50 bits per heavy atom. The van der Waals surface area contributed by atoms with Crippen molar-refractivity contribution >= 4 is 21.8 Å². The number of alkyl halides is 1. The minimum atomic E-state index is 0.185. The quantitative estimate of drug-likeness (QED) is 0.557. The normalized spacial score (nSPS) is 12.6. The largest absolute Gasteiger partial charge is 0.354 e. The summed E-state index contributed by atoms with van der Waals surface area (Å²) in [6.07, 6.45) is 3.72. The van der Waals surface area contributed by atoms with E-state index in [0.717, 1.165) is 24.6 Å². The van der Waals surface area contributed by atoms with Crippen molar-refractivity contribution in [2.75, 3.05) is 5.33 Å². The van der Waals surface area contributed by atoms with E-state index in [1.165, 1.54) is 0 Å². The Labute approximate surface area is 83.2 Å². The van der Waals surface area contributed by atoms with Gasteiger partial charge in [0.25, 0.3) is 0 Å². The zero-order valence-corrected chi connectivity index (χ0v) is 9.49. The molecular formula is C9H18BrNO. The highest BCUT2D eigenvalue weighted by atomic mass is 79.9. The van der Waals surface area contributed by atoms with Gasteiger partial charge in [-0.3, -0.25) is 4.79 Å². The summed E-state index contributed by atoms with van der Waals surface area (Å²) in [7, 11) is 0. The van der Waals surface area contributed by atoms with Gasteiger partial charge in [-0.05, 0) is 26.2 Å². The fraction of sp³-hybridized carbons (Fsp3) is 0.889. The Morgan fingerprint density at radius 3 is 2.67 bits per heavy atom. The molecule has 1 atom stereocenters. The van der Waals surface area contributed by atoms with E-state index in [1.807, 2.05) is 6.92 Å². The molecule has 0 rings (SSSR count). The van der Waals surface area contributed by atoms with Crippen LogP contribution in [-0.2, 0) is 4.79 Å². The van der Waals surface area contributed by atoms with Crippen molar-refractivity contribution in [1.82, 2.24) is 5.32 Å². The molecule has 1 amide bonds. The molecule has 0 aromatic rings. The van der Waals surface area contributed by atoms with Crippen LogP contribution in [0, 0.1) is 0 Å². The van der Waals surface area contributed by atoms with E-state index in [-0.39, 0.29) is 5.91 Å². The van der Waals surface area contributed by atoms with Crippen molar-refractivity contribution in [3.63, 3.8) is 0 Å². The van der Waals surface area contributed by atoms with Crippen molar-refractivity contribution in [2.24, 2.45) is 0 Å². The van der Waals surface area contributed by atoms with Gasteiger partial charge < -0.3 is 5.32 Å². The summed E-state index contributed by atoms with van der Waals surface area (Å²) in [6.45, 7) is 4.10. The van der Waals surface area contributed by atoms with Gasteiger partial charge >= 0.3 is 0 Å². The van der Waals surface area contributed by atoms with Crippen LogP contribution in [0.15, 0.2) is 0 Å². The summed E-state index contributed by atoms with van der Waals surface area (Å²) >= 11 is 3.33. The average molecular weight is 236 g/mol. The SMILES string of the molecule is CCC(C)NC(=O)CCCCBr.